The van der Waals surface area contributed by atoms with Crippen LogP contribution in [0.15, 0.2) is 10.6 Å². The Labute approximate surface area is 129 Å². The van der Waals surface area contributed by atoms with E-state index >= 15 is 0 Å². The molecule has 1 aliphatic carbocycles. The third-order valence-corrected chi connectivity index (χ3v) is 4.87. The van der Waals surface area contributed by atoms with Crippen molar-refractivity contribution in [2.75, 3.05) is 6.54 Å². The van der Waals surface area contributed by atoms with Crippen LogP contribution in [0.2, 0.25) is 0 Å². The molecule has 1 amide bonds. The van der Waals surface area contributed by atoms with E-state index in [9.17, 15) is 14.7 Å². The molecule has 1 aromatic heterocycles. The van der Waals surface area contributed by atoms with E-state index in [4.69, 9.17) is 4.52 Å². The highest BCUT2D eigenvalue weighted by molar-refractivity contribution is 5.95. The second-order valence-electron chi connectivity index (χ2n) is 7.42. The van der Waals surface area contributed by atoms with Crippen LogP contribution in [0.1, 0.15) is 56.3 Å². The van der Waals surface area contributed by atoms with Crippen molar-refractivity contribution in [1.82, 2.24) is 10.1 Å². The highest BCUT2D eigenvalue weighted by Crippen LogP contribution is 2.42. The maximum absolute atomic E-state index is 12.7. The van der Waals surface area contributed by atoms with Gasteiger partial charge in [-0.25, -0.2) is 4.79 Å². The number of carbonyl (C=O) groups excluding carboxylic acids is 1. The molecule has 0 spiro atoms. The smallest absolute Gasteiger partial charge is 0.326 e. The van der Waals surface area contributed by atoms with Gasteiger partial charge in [0.15, 0.2) is 5.69 Å². The van der Waals surface area contributed by atoms with E-state index in [1.165, 1.54) is 4.90 Å². The third kappa shape index (κ3) is 2.40. The standard InChI is InChI=1S/C16H22N2O4/c1-16(2,3)12-7-11(17-22-12)14(19)18-8-9-5-4-6-10(9)13(18)15(20)21/h7,9-10,13H,4-6,8H2,1-3H3,(H,20,21). The Morgan fingerprint density at radius 2 is 2.09 bits per heavy atom. The number of aliphatic carboxylic acids is 1. The topological polar surface area (TPSA) is 83.6 Å². The van der Waals surface area contributed by atoms with Crippen molar-refractivity contribution >= 4 is 11.9 Å². The van der Waals surface area contributed by atoms with E-state index in [1.807, 2.05) is 20.8 Å². The molecule has 1 saturated carbocycles. The van der Waals surface area contributed by atoms with Gasteiger partial charge in [-0.3, -0.25) is 4.79 Å². The fourth-order valence-corrected chi connectivity index (χ4v) is 3.71. The summed E-state index contributed by atoms with van der Waals surface area (Å²) in [6.07, 6.45) is 2.95. The normalized spacial score (nSPS) is 28.0. The second-order valence-corrected chi connectivity index (χ2v) is 7.42. The zero-order valence-electron chi connectivity index (χ0n) is 13.2. The van der Waals surface area contributed by atoms with Crippen LogP contribution in [0.25, 0.3) is 0 Å². The zero-order chi connectivity index (χ0) is 16.1. The Hall–Kier alpha value is -1.85. The second kappa shape index (κ2) is 5.11. The molecular weight excluding hydrogens is 284 g/mol. The van der Waals surface area contributed by atoms with Gasteiger partial charge in [0.25, 0.3) is 5.91 Å². The van der Waals surface area contributed by atoms with Crippen LogP contribution in [-0.4, -0.2) is 39.6 Å². The van der Waals surface area contributed by atoms with Crippen LogP contribution in [0.4, 0.5) is 0 Å². The predicted octanol–water partition coefficient (Wildman–Crippen LogP) is 2.30. The molecule has 6 heteroatoms. The number of rotatable bonds is 2. The lowest BCUT2D eigenvalue weighted by atomic mass is 9.93. The summed E-state index contributed by atoms with van der Waals surface area (Å²) in [6.45, 7) is 6.43. The van der Waals surface area contributed by atoms with Crippen molar-refractivity contribution in [3.63, 3.8) is 0 Å². The van der Waals surface area contributed by atoms with Crippen molar-refractivity contribution in [2.24, 2.45) is 11.8 Å². The monoisotopic (exact) mass is 306 g/mol. The quantitative estimate of drug-likeness (QED) is 0.906. The van der Waals surface area contributed by atoms with Gasteiger partial charge in [-0.15, -0.1) is 0 Å². The number of hydrogen-bond acceptors (Lipinski definition) is 4. The minimum absolute atomic E-state index is 0.0791. The number of fused-ring (bicyclic) bond motifs is 1. The first-order valence-corrected chi connectivity index (χ1v) is 7.80. The first-order valence-electron chi connectivity index (χ1n) is 7.80. The molecule has 1 aromatic rings. The number of carboxylic acid groups (broad SMARTS) is 1. The average molecular weight is 306 g/mol. The molecule has 3 atom stereocenters. The number of aromatic nitrogens is 1. The molecule has 1 saturated heterocycles. The summed E-state index contributed by atoms with van der Waals surface area (Å²) in [6, 6.07) is 0.907. The number of likely N-dealkylation sites (tertiary alicyclic amines) is 1. The molecule has 22 heavy (non-hydrogen) atoms. The first kappa shape index (κ1) is 15.1. The van der Waals surface area contributed by atoms with E-state index in [1.54, 1.807) is 6.07 Å². The number of carboxylic acids is 1. The lowest BCUT2D eigenvalue weighted by Gasteiger charge is -2.23. The summed E-state index contributed by atoms with van der Waals surface area (Å²) < 4.78 is 5.25. The van der Waals surface area contributed by atoms with Gasteiger partial charge in [0.1, 0.15) is 11.8 Å². The highest BCUT2D eigenvalue weighted by atomic mass is 16.5. The fourth-order valence-electron chi connectivity index (χ4n) is 3.71. The minimum Gasteiger partial charge on any atom is -0.480 e. The summed E-state index contributed by atoms with van der Waals surface area (Å²) in [5.74, 6) is -0.236. The van der Waals surface area contributed by atoms with Crippen molar-refractivity contribution in [1.29, 1.82) is 0 Å². The minimum atomic E-state index is -0.915. The molecule has 0 bridgehead atoms. The number of carbonyl (C=O) groups is 2. The van der Waals surface area contributed by atoms with Crippen LogP contribution in [0.5, 0.6) is 0 Å². The van der Waals surface area contributed by atoms with Crippen LogP contribution >= 0.6 is 0 Å². The molecule has 2 aliphatic rings. The van der Waals surface area contributed by atoms with Gasteiger partial charge >= 0.3 is 5.97 Å². The van der Waals surface area contributed by atoms with E-state index in [2.05, 4.69) is 5.16 Å². The molecule has 0 aromatic carbocycles. The summed E-state index contributed by atoms with van der Waals surface area (Å²) in [4.78, 5) is 25.8. The Morgan fingerprint density at radius 1 is 1.36 bits per heavy atom. The summed E-state index contributed by atoms with van der Waals surface area (Å²) in [5, 5.41) is 13.4. The maximum atomic E-state index is 12.7. The third-order valence-electron chi connectivity index (χ3n) is 4.87. The van der Waals surface area contributed by atoms with Crippen LogP contribution < -0.4 is 0 Å². The van der Waals surface area contributed by atoms with Crippen molar-refractivity contribution < 1.29 is 19.2 Å². The van der Waals surface area contributed by atoms with E-state index in [-0.39, 0.29) is 22.9 Å². The summed E-state index contributed by atoms with van der Waals surface area (Å²) in [5.41, 5.74) is -0.0321. The van der Waals surface area contributed by atoms with Crippen LogP contribution in [0, 0.1) is 11.8 Å². The van der Waals surface area contributed by atoms with Crippen LogP contribution in [-0.2, 0) is 10.2 Å². The molecule has 120 valence electrons. The number of amides is 1. The molecule has 1 aliphatic heterocycles. The number of nitrogens with zero attached hydrogens (tertiary/aromatic N) is 2. The summed E-state index contributed by atoms with van der Waals surface area (Å²) in [7, 11) is 0. The molecular formula is C16H22N2O4. The van der Waals surface area contributed by atoms with Gasteiger partial charge in [0, 0.05) is 18.0 Å². The van der Waals surface area contributed by atoms with Gasteiger partial charge in [0.2, 0.25) is 0 Å². The lowest BCUT2D eigenvalue weighted by Crippen LogP contribution is -2.43. The van der Waals surface area contributed by atoms with Gasteiger partial charge in [-0.05, 0) is 24.7 Å². The molecule has 1 N–H and O–H groups in total. The van der Waals surface area contributed by atoms with Crippen molar-refractivity contribution in [2.45, 2.75) is 51.5 Å². The average Bonchev–Trinajstić information content (AvgIpc) is 3.11. The van der Waals surface area contributed by atoms with Gasteiger partial charge in [0.05, 0.1) is 0 Å². The van der Waals surface area contributed by atoms with E-state index in [0.717, 1.165) is 19.3 Å². The molecule has 6 nitrogen and oxygen atoms in total. The largest absolute Gasteiger partial charge is 0.480 e. The molecule has 3 rings (SSSR count). The molecule has 2 heterocycles. The molecule has 3 unspecified atom stereocenters. The fraction of sp³-hybridized carbons (Fsp3) is 0.688. The molecule has 2 fully saturated rings. The number of hydrogen-bond donors (Lipinski definition) is 1. The summed E-state index contributed by atoms with van der Waals surface area (Å²) >= 11 is 0. The maximum Gasteiger partial charge on any atom is 0.326 e. The lowest BCUT2D eigenvalue weighted by molar-refractivity contribution is -0.142. The Balaban J connectivity index is 1.85. The van der Waals surface area contributed by atoms with Crippen molar-refractivity contribution in [3.05, 3.63) is 17.5 Å². The Morgan fingerprint density at radius 3 is 2.68 bits per heavy atom. The highest BCUT2D eigenvalue weighted by Gasteiger charge is 2.50. The van der Waals surface area contributed by atoms with Gasteiger partial charge < -0.3 is 14.5 Å². The first-order chi connectivity index (χ1) is 10.3. The SMILES string of the molecule is CC(C)(C)c1cc(C(=O)N2CC3CCCC3C2C(=O)O)no1. The van der Waals surface area contributed by atoms with Crippen LogP contribution in [0.3, 0.4) is 0 Å². The molecule has 0 radical (unpaired) electrons. The van der Waals surface area contributed by atoms with Crippen molar-refractivity contribution in [3.8, 4) is 0 Å². The van der Waals surface area contributed by atoms with E-state index < -0.39 is 12.0 Å². The van der Waals surface area contributed by atoms with E-state index in [0.29, 0.717) is 18.2 Å². The van der Waals surface area contributed by atoms with Gasteiger partial charge in [-0.2, -0.15) is 0 Å². The Bertz CT molecular complexity index is 602. The zero-order valence-corrected chi connectivity index (χ0v) is 13.2. The predicted molar refractivity (Wildman–Crippen MR) is 78.5 cm³/mol. The Kier molecular flexibility index (Phi) is 3.50. The van der Waals surface area contributed by atoms with Gasteiger partial charge in [-0.1, -0.05) is 32.3 Å².